The Morgan fingerprint density at radius 3 is 2.95 bits per heavy atom. The lowest BCUT2D eigenvalue weighted by Crippen LogP contribution is -2.22. The van der Waals surface area contributed by atoms with Crippen LogP contribution in [0, 0.1) is 0 Å². The number of hydrogen-bond acceptors (Lipinski definition) is 4. The summed E-state index contributed by atoms with van der Waals surface area (Å²) in [5.41, 5.74) is 2.01. The largest absolute Gasteiger partial charge is 0.507 e. The number of methoxy groups -OCH3 is 1. The van der Waals surface area contributed by atoms with Crippen molar-refractivity contribution in [2.75, 3.05) is 13.7 Å². The third-order valence-electron chi connectivity index (χ3n) is 3.53. The molecule has 4 heteroatoms. The number of phenolic OH excluding ortho intramolecular Hbond substituents is 1. The van der Waals surface area contributed by atoms with Crippen molar-refractivity contribution in [2.24, 2.45) is 0 Å². The molecule has 0 aromatic heterocycles. The number of benzene rings is 2. The first kappa shape index (κ1) is 12.8. The van der Waals surface area contributed by atoms with Crippen LogP contribution in [0.15, 0.2) is 42.5 Å². The van der Waals surface area contributed by atoms with Crippen LogP contribution in [0.2, 0.25) is 0 Å². The number of ether oxygens (including phenoxy) is 2. The highest BCUT2D eigenvalue weighted by Crippen LogP contribution is 2.32. The maximum absolute atomic E-state index is 9.94. The van der Waals surface area contributed by atoms with Crippen LogP contribution in [-0.2, 0) is 6.54 Å². The van der Waals surface area contributed by atoms with Gasteiger partial charge in [-0.1, -0.05) is 24.3 Å². The summed E-state index contributed by atoms with van der Waals surface area (Å²) in [7, 11) is 1.58. The summed E-state index contributed by atoms with van der Waals surface area (Å²) in [5, 5.41) is 13.3. The molecule has 1 atom stereocenters. The van der Waals surface area contributed by atoms with E-state index in [1.54, 1.807) is 13.2 Å². The van der Waals surface area contributed by atoms with E-state index in [-0.39, 0.29) is 11.8 Å². The monoisotopic (exact) mass is 271 g/mol. The van der Waals surface area contributed by atoms with Crippen molar-refractivity contribution >= 4 is 0 Å². The quantitative estimate of drug-likeness (QED) is 0.897. The van der Waals surface area contributed by atoms with E-state index in [2.05, 4.69) is 11.4 Å². The summed E-state index contributed by atoms with van der Waals surface area (Å²) >= 11 is 0. The fraction of sp³-hybridized carbons (Fsp3) is 0.250. The summed E-state index contributed by atoms with van der Waals surface area (Å²) < 4.78 is 10.7. The molecule has 20 heavy (non-hydrogen) atoms. The van der Waals surface area contributed by atoms with Crippen LogP contribution in [0.1, 0.15) is 17.2 Å². The molecule has 0 saturated heterocycles. The lowest BCUT2D eigenvalue weighted by Gasteiger charge is -2.13. The maximum Gasteiger partial charge on any atom is 0.124 e. The van der Waals surface area contributed by atoms with Gasteiger partial charge in [0.1, 0.15) is 23.9 Å². The van der Waals surface area contributed by atoms with Gasteiger partial charge in [0.05, 0.1) is 13.2 Å². The van der Waals surface area contributed by atoms with E-state index < -0.39 is 0 Å². The van der Waals surface area contributed by atoms with Crippen LogP contribution < -0.4 is 14.8 Å². The Kier molecular flexibility index (Phi) is 3.48. The fourth-order valence-corrected chi connectivity index (χ4v) is 2.38. The van der Waals surface area contributed by atoms with Gasteiger partial charge < -0.3 is 19.9 Å². The average Bonchev–Trinajstić information content (AvgIpc) is 2.89. The van der Waals surface area contributed by atoms with Crippen LogP contribution in [-0.4, -0.2) is 18.8 Å². The molecule has 2 N–H and O–H groups in total. The van der Waals surface area contributed by atoms with Crippen LogP contribution in [0.5, 0.6) is 17.2 Å². The fourth-order valence-electron chi connectivity index (χ4n) is 2.38. The zero-order chi connectivity index (χ0) is 13.9. The molecule has 1 aliphatic heterocycles. The van der Waals surface area contributed by atoms with Crippen molar-refractivity contribution < 1.29 is 14.6 Å². The van der Waals surface area contributed by atoms with Gasteiger partial charge in [-0.25, -0.2) is 0 Å². The molecule has 1 heterocycles. The number of phenols is 1. The van der Waals surface area contributed by atoms with Gasteiger partial charge in [-0.05, 0) is 12.1 Å². The number of aromatic hydroxyl groups is 1. The molecule has 104 valence electrons. The summed E-state index contributed by atoms with van der Waals surface area (Å²) in [6, 6.07) is 13.5. The van der Waals surface area contributed by atoms with Gasteiger partial charge in [-0.2, -0.15) is 0 Å². The topological polar surface area (TPSA) is 50.7 Å². The van der Waals surface area contributed by atoms with Crippen LogP contribution in [0.4, 0.5) is 0 Å². The van der Waals surface area contributed by atoms with Crippen molar-refractivity contribution in [2.45, 2.75) is 12.6 Å². The molecule has 4 nitrogen and oxygen atoms in total. The number of fused-ring (bicyclic) bond motifs is 1. The van der Waals surface area contributed by atoms with E-state index in [0.717, 1.165) is 11.3 Å². The third kappa shape index (κ3) is 2.42. The Hall–Kier alpha value is -2.20. The third-order valence-corrected chi connectivity index (χ3v) is 3.53. The minimum Gasteiger partial charge on any atom is -0.507 e. The molecule has 0 fully saturated rings. The number of hydrogen-bond donors (Lipinski definition) is 2. The number of para-hydroxylation sites is 1. The Labute approximate surface area is 118 Å². The second-order valence-corrected chi connectivity index (χ2v) is 4.78. The van der Waals surface area contributed by atoms with Gasteiger partial charge in [-0.3, -0.25) is 0 Å². The van der Waals surface area contributed by atoms with Crippen molar-refractivity contribution in [3.8, 4) is 17.2 Å². The normalized spacial score (nSPS) is 16.6. The minimum atomic E-state index is 0.160. The summed E-state index contributed by atoms with van der Waals surface area (Å²) in [4.78, 5) is 0. The number of rotatable bonds is 4. The maximum atomic E-state index is 9.94. The zero-order valence-corrected chi connectivity index (χ0v) is 11.3. The Bertz CT molecular complexity index is 612. The molecule has 0 saturated carbocycles. The van der Waals surface area contributed by atoms with Gasteiger partial charge in [0.25, 0.3) is 0 Å². The molecular weight excluding hydrogens is 254 g/mol. The van der Waals surface area contributed by atoms with Crippen molar-refractivity contribution in [1.82, 2.24) is 5.32 Å². The summed E-state index contributed by atoms with van der Waals surface area (Å²) in [6.07, 6.45) is 0. The molecule has 2 aromatic carbocycles. The molecule has 0 amide bonds. The van der Waals surface area contributed by atoms with Gasteiger partial charge >= 0.3 is 0 Å². The van der Waals surface area contributed by atoms with Crippen LogP contribution in [0.25, 0.3) is 0 Å². The van der Waals surface area contributed by atoms with Crippen molar-refractivity contribution in [3.63, 3.8) is 0 Å². The molecule has 0 aliphatic carbocycles. The molecule has 0 spiro atoms. The van der Waals surface area contributed by atoms with Gasteiger partial charge in [0, 0.05) is 23.7 Å². The second kappa shape index (κ2) is 5.43. The molecule has 0 radical (unpaired) electrons. The Morgan fingerprint density at radius 2 is 2.15 bits per heavy atom. The average molecular weight is 271 g/mol. The first-order valence-electron chi connectivity index (χ1n) is 6.59. The molecule has 0 bridgehead atoms. The predicted molar refractivity (Wildman–Crippen MR) is 76.2 cm³/mol. The highest BCUT2D eigenvalue weighted by atomic mass is 16.5. The highest BCUT2D eigenvalue weighted by molar-refractivity contribution is 5.41. The molecule has 3 rings (SSSR count). The minimum absolute atomic E-state index is 0.160. The van der Waals surface area contributed by atoms with E-state index in [9.17, 15) is 5.11 Å². The Balaban J connectivity index is 1.69. The van der Waals surface area contributed by atoms with Crippen LogP contribution in [0.3, 0.4) is 0 Å². The SMILES string of the molecule is COc1ccc(CNC2COc3ccccc32)c(O)c1. The van der Waals surface area contributed by atoms with E-state index in [4.69, 9.17) is 9.47 Å². The number of nitrogens with one attached hydrogen (secondary N) is 1. The summed E-state index contributed by atoms with van der Waals surface area (Å²) in [6.45, 7) is 1.20. The van der Waals surface area contributed by atoms with E-state index in [0.29, 0.717) is 18.9 Å². The summed E-state index contributed by atoms with van der Waals surface area (Å²) in [5.74, 6) is 1.83. The zero-order valence-electron chi connectivity index (χ0n) is 11.3. The van der Waals surface area contributed by atoms with Crippen molar-refractivity contribution in [1.29, 1.82) is 0 Å². The molecule has 2 aromatic rings. The molecular formula is C16H17NO3. The van der Waals surface area contributed by atoms with E-state index >= 15 is 0 Å². The first-order chi connectivity index (χ1) is 9.78. The van der Waals surface area contributed by atoms with Crippen LogP contribution >= 0.6 is 0 Å². The lowest BCUT2D eigenvalue weighted by molar-refractivity contribution is 0.309. The first-order valence-corrected chi connectivity index (χ1v) is 6.59. The van der Waals surface area contributed by atoms with E-state index in [1.807, 2.05) is 30.3 Å². The molecule has 1 unspecified atom stereocenters. The van der Waals surface area contributed by atoms with Gasteiger partial charge in [0.2, 0.25) is 0 Å². The lowest BCUT2D eigenvalue weighted by atomic mass is 10.1. The highest BCUT2D eigenvalue weighted by Gasteiger charge is 2.23. The van der Waals surface area contributed by atoms with Gasteiger partial charge in [0.15, 0.2) is 0 Å². The Morgan fingerprint density at radius 1 is 1.30 bits per heavy atom. The smallest absolute Gasteiger partial charge is 0.124 e. The van der Waals surface area contributed by atoms with Crippen molar-refractivity contribution in [3.05, 3.63) is 53.6 Å². The predicted octanol–water partition coefficient (Wildman–Crippen LogP) is 2.62. The second-order valence-electron chi connectivity index (χ2n) is 4.78. The van der Waals surface area contributed by atoms with Gasteiger partial charge in [-0.15, -0.1) is 0 Å². The molecule has 1 aliphatic rings. The standard InChI is InChI=1S/C16H17NO3/c1-19-12-7-6-11(15(18)8-12)9-17-14-10-20-16-5-3-2-4-13(14)16/h2-8,14,17-18H,9-10H2,1H3. The van der Waals surface area contributed by atoms with E-state index in [1.165, 1.54) is 5.56 Å².